The molecular weight excluding hydrogens is 426 g/mol. The molecule has 0 aliphatic rings. The van der Waals surface area contributed by atoms with E-state index in [0.29, 0.717) is 15.0 Å². The average Bonchev–Trinajstić information content (AvgIpc) is 3.11. The first-order valence-electron chi connectivity index (χ1n) is 7.87. The van der Waals surface area contributed by atoms with Crippen molar-refractivity contribution in [1.29, 1.82) is 0 Å². The van der Waals surface area contributed by atoms with Gasteiger partial charge in [0.1, 0.15) is 10.7 Å². The predicted molar refractivity (Wildman–Crippen MR) is 107 cm³/mol. The minimum absolute atomic E-state index is 0.346. The number of hydrogen-bond donors (Lipinski definition) is 1. The lowest BCUT2D eigenvalue weighted by atomic mass is 10.1. The second-order valence-electron chi connectivity index (χ2n) is 5.48. The SMILES string of the molecule is CSc1nc(-c2ccccc2)c(NC(=O)c2ccccc2S(=O)(=O)C(F)F)s1. The van der Waals surface area contributed by atoms with Gasteiger partial charge in [0.25, 0.3) is 5.91 Å². The standard InChI is InChI=1S/C18H14F2N2O3S3/c1-26-18-21-14(11-7-3-2-4-8-11)16(27-18)22-15(23)12-9-5-6-10-13(12)28(24,25)17(19)20/h2-10,17H,1H3,(H,22,23). The van der Waals surface area contributed by atoms with Crippen LogP contribution < -0.4 is 5.32 Å². The molecule has 0 unspecified atom stereocenters. The first-order valence-corrected chi connectivity index (χ1v) is 11.5. The van der Waals surface area contributed by atoms with E-state index in [2.05, 4.69) is 10.3 Å². The number of nitrogens with zero attached hydrogens (tertiary/aromatic N) is 1. The van der Waals surface area contributed by atoms with Crippen LogP contribution >= 0.6 is 23.1 Å². The summed E-state index contributed by atoms with van der Waals surface area (Å²) in [7, 11) is -4.92. The first-order chi connectivity index (χ1) is 13.3. The van der Waals surface area contributed by atoms with Gasteiger partial charge in [-0.25, -0.2) is 13.4 Å². The fraction of sp³-hybridized carbons (Fsp3) is 0.111. The first kappa shape index (κ1) is 20.4. The fourth-order valence-corrected chi connectivity index (χ4v) is 4.84. The zero-order valence-corrected chi connectivity index (χ0v) is 16.9. The Bertz CT molecular complexity index is 1100. The van der Waals surface area contributed by atoms with Crippen molar-refractivity contribution in [2.45, 2.75) is 15.0 Å². The van der Waals surface area contributed by atoms with Gasteiger partial charge < -0.3 is 5.32 Å². The van der Waals surface area contributed by atoms with Crippen LogP contribution in [0, 0.1) is 0 Å². The van der Waals surface area contributed by atoms with E-state index in [1.54, 1.807) is 0 Å². The number of anilines is 1. The molecule has 0 fully saturated rings. The topological polar surface area (TPSA) is 76.1 Å². The number of alkyl halides is 2. The maximum absolute atomic E-state index is 13.0. The number of aromatic nitrogens is 1. The number of hydrogen-bond acceptors (Lipinski definition) is 6. The number of rotatable bonds is 6. The lowest BCUT2D eigenvalue weighted by Gasteiger charge is -2.10. The van der Waals surface area contributed by atoms with Crippen molar-refractivity contribution >= 4 is 43.8 Å². The smallest absolute Gasteiger partial charge is 0.312 e. The van der Waals surface area contributed by atoms with E-state index < -0.39 is 26.4 Å². The van der Waals surface area contributed by atoms with Gasteiger partial charge in [-0.15, -0.1) is 0 Å². The Morgan fingerprint density at radius 1 is 1.11 bits per heavy atom. The molecule has 1 N–H and O–H groups in total. The average molecular weight is 441 g/mol. The number of halogens is 2. The number of carbonyl (C=O) groups excluding carboxylic acids is 1. The van der Waals surface area contributed by atoms with Crippen molar-refractivity contribution < 1.29 is 22.0 Å². The molecule has 1 amide bonds. The maximum Gasteiger partial charge on any atom is 0.341 e. The highest BCUT2D eigenvalue weighted by molar-refractivity contribution is 8.00. The monoisotopic (exact) mass is 440 g/mol. The van der Waals surface area contributed by atoms with Crippen molar-refractivity contribution in [1.82, 2.24) is 4.98 Å². The van der Waals surface area contributed by atoms with Crippen LogP contribution in [-0.4, -0.2) is 31.3 Å². The number of carbonyl (C=O) groups is 1. The van der Waals surface area contributed by atoms with Crippen molar-refractivity contribution in [2.75, 3.05) is 11.6 Å². The van der Waals surface area contributed by atoms with E-state index in [4.69, 9.17) is 0 Å². The van der Waals surface area contributed by atoms with E-state index in [0.717, 1.165) is 11.6 Å². The van der Waals surface area contributed by atoms with Gasteiger partial charge in [-0.2, -0.15) is 8.78 Å². The summed E-state index contributed by atoms with van der Waals surface area (Å²) in [4.78, 5) is 16.5. The number of thioether (sulfide) groups is 1. The van der Waals surface area contributed by atoms with Crippen LogP contribution in [0.25, 0.3) is 11.3 Å². The third-order valence-corrected chi connectivity index (χ3v) is 7.12. The Hall–Kier alpha value is -2.30. The Kier molecular flexibility index (Phi) is 6.11. The molecule has 1 heterocycles. The molecule has 0 spiro atoms. The molecule has 0 aliphatic carbocycles. The summed E-state index contributed by atoms with van der Waals surface area (Å²) in [6, 6.07) is 14.0. The molecule has 3 rings (SSSR count). The zero-order valence-electron chi connectivity index (χ0n) is 14.4. The van der Waals surface area contributed by atoms with E-state index in [1.807, 2.05) is 36.6 Å². The Morgan fingerprint density at radius 3 is 2.39 bits per heavy atom. The van der Waals surface area contributed by atoms with Gasteiger partial charge in [0.05, 0.1) is 10.5 Å². The minimum atomic E-state index is -4.92. The maximum atomic E-state index is 13.0. The predicted octanol–water partition coefficient (Wildman–Crippen LogP) is 4.78. The summed E-state index contributed by atoms with van der Waals surface area (Å²) in [6.07, 6.45) is 1.84. The highest BCUT2D eigenvalue weighted by Gasteiger charge is 2.31. The van der Waals surface area contributed by atoms with Crippen molar-refractivity contribution in [3.8, 4) is 11.3 Å². The molecule has 0 saturated carbocycles. The van der Waals surface area contributed by atoms with Gasteiger partial charge >= 0.3 is 5.76 Å². The van der Waals surface area contributed by atoms with E-state index in [-0.39, 0.29) is 5.56 Å². The van der Waals surface area contributed by atoms with Crippen LogP contribution in [0.15, 0.2) is 63.8 Å². The van der Waals surface area contributed by atoms with E-state index in [9.17, 15) is 22.0 Å². The number of benzene rings is 2. The Morgan fingerprint density at radius 2 is 1.75 bits per heavy atom. The van der Waals surface area contributed by atoms with Gasteiger partial charge in [0.2, 0.25) is 9.84 Å². The quantitative estimate of drug-likeness (QED) is 0.558. The van der Waals surface area contributed by atoms with Crippen molar-refractivity contribution in [2.24, 2.45) is 0 Å². The van der Waals surface area contributed by atoms with E-state index in [1.165, 1.54) is 41.3 Å². The lowest BCUT2D eigenvalue weighted by molar-refractivity contribution is 0.102. The van der Waals surface area contributed by atoms with Crippen LogP contribution in [0.2, 0.25) is 0 Å². The molecule has 28 heavy (non-hydrogen) atoms. The second-order valence-corrected chi connectivity index (χ2v) is 9.42. The van der Waals surface area contributed by atoms with Crippen LogP contribution in [0.1, 0.15) is 10.4 Å². The summed E-state index contributed by atoms with van der Waals surface area (Å²) in [5.41, 5.74) is 0.946. The fourth-order valence-electron chi connectivity index (χ4n) is 2.43. The normalized spacial score (nSPS) is 11.6. The van der Waals surface area contributed by atoms with Gasteiger partial charge in [-0.1, -0.05) is 65.6 Å². The molecule has 2 aromatic carbocycles. The molecule has 10 heteroatoms. The molecule has 0 atom stereocenters. The Balaban J connectivity index is 2.01. The third kappa shape index (κ3) is 4.08. The molecule has 0 bridgehead atoms. The van der Waals surface area contributed by atoms with Crippen LogP contribution in [0.5, 0.6) is 0 Å². The molecule has 1 aromatic heterocycles. The minimum Gasteiger partial charge on any atom is -0.312 e. The van der Waals surface area contributed by atoms with Gasteiger partial charge in [-0.3, -0.25) is 4.79 Å². The van der Waals surface area contributed by atoms with Crippen LogP contribution in [-0.2, 0) is 9.84 Å². The summed E-state index contributed by atoms with van der Waals surface area (Å²) in [5.74, 6) is -4.42. The number of amides is 1. The highest BCUT2D eigenvalue weighted by atomic mass is 32.2. The van der Waals surface area contributed by atoms with Gasteiger partial charge in [-0.05, 0) is 18.4 Å². The van der Waals surface area contributed by atoms with Crippen LogP contribution in [0.3, 0.4) is 0 Å². The van der Waals surface area contributed by atoms with E-state index >= 15 is 0 Å². The third-order valence-electron chi connectivity index (χ3n) is 3.73. The van der Waals surface area contributed by atoms with Crippen LogP contribution in [0.4, 0.5) is 13.8 Å². The van der Waals surface area contributed by atoms with Gasteiger partial charge in [0.15, 0.2) is 4.34 Å². The second kappa shape index (κ2) is 8.38. The summed E-state index contributed by atoms with van der Waals surface area (Å²) >= 11 is 2.61. The largest absolute Gasteiger partial charge is 0.341 e. The zero-order chi connectivity index (χ0) is 20.3. The molecule has 3 aromatic rings. The highest BCUT2D eigenvalue weighted by Crippen LogP contribution is 2.37. The summed E-state index contributed by atoms with van der Waals surface area (Å²) < 4.78 is 50.5. The van der Waals surface area contributed by atoms with Crippen molar-refractivity contribution in [3.05, 3.63) is 60.2 Å². The summed E-state index contributed by atoms with van der Waals surface area (Å²) in [5, 5.41) is 3.03. The molecule has 146 valence electrons. The van der Waals surface area contributed by atoms with Crippen molar-refractivity contribution in [3.63, 3.8) is 0 Å². The lowest BCUT2D eigenvalue weighted by Crippen LogP contribution is -2.19. The number of nitrogens with one attached hydrogen (secondary N) is 1. The number of thiazole rings is 1. The molecular formula is C18H14F2N2O3S3. The molecule has 0 radical (unpaired) electrons. The number of sulfone groups is 1. The summed E-state index contributed by atoms with van der Waals surface area (Å²) in [6.45, 7) is 0. The Labute approximate surface area is 168 Å². The molecule has 0 saturated heterocycles. The molecule has 0 aliphatic heterocycles. The van der Waals surface area contributed by atoms with Gasteiger partial charge in [0, 0.05) is 5.56 Å². The molecule has 5 nitrogen and oxygen atoms in total.